The second-order valence-corrected chi connectivity index (χ2v) is 3.97. The van der Waals surface area contributed by atoms with E-state index < -0.39 is 11.6 Å². The van der Waals surface area contributed by atoms with Crippen molar-refractivity contribution in [3.05, 3.63) is 29.8 Å². The topological polar surface area (TPSA) is 100 Å². The first-order valence-corrected chi connectivity index (χ1v) is 5.61. The van der Waals surface area contributed by atoms with Gasteiger partial charge in [-0.1, -0.05) is 19.1 Å². The summed E-state index contributed by atoms with van der Waals surface area (Å²) in [7, 11) is 0. The zero-order chi connectivity index (χ0) is 13.6. The van der Waals surface area contributed by atoms with Crippen LogP contribution in [0.4, 0.5) is 0 Å². The van der Waals surface area contributed by atoms with E-state index in [1.807, 2.05) is 12.1 Å². The number of nitriles is 2. The van der Waals surface area contributed by atoms with Crippen molar-refractivity contribution < 1.29 is 10.2 Å². The normalized spacial score (nSPS) is 12.4. The highest BCUT2D eigenvalue weighted by Crippen LogP contribution is 2.17. The predicted molar refractivity (Wildman–Crippen MR) is 65.3 cm³/mol. The molecule has 0 aliphatic rings. The Hall–Kier alpha value is -2.08. The molecule has 3 N–H and O–H groups in total. The second kappa shape index (κ2) is 6.02. The van der Waals surface area contributed by atoms with Crippen LogP contribution in [0.1, 0.15) is 25.0 Å². The monoisotopic (exact) mass is 245 g/mol. The third-order valence-electron chi connectivity index (χ3n) is 2.79. The van der Waals surface area contributed by atoms with E-state index in [0.29, 0.717) is 12.0 Å². The molecule has 1 unspecified atom stereocenters. The molecular weight excluding hydrogens is 230 g/mol. The number of β-amino-alcohol motifs (C(OH)–C–C–N with tert-alkyl or cyclic N) is 1. The zero-order valence-electron chi connectivity index (χ0n) is 10.1. The smallest absolute Gasteiger partial charge is 0.193 e. The number of aromatic hydroxyl groups is 1. The number of rotatable bonds is 5. The summed E-state index contributed by atoms with van der Waals surface area (Å²) < 4.78 is 0. The van der Waals surface area contributed by atoms with Crippen LogP contribution in [-0.2, 0) is 0 Å². The molecule has 0 amide bonds. The SMILES string of the molecule is CCC(C#N)(C#N)NCC(O)c1ccc(O)cc1. The molecule has 0 aliphatic heterocycles. The van der Waals surface area contributed by atoms with Crippen LogP contribution in [0.15, 0.2) is 24.3 Å². The van der Waals surface area contributed by atoms with Crippen LogP contribution in [0.3, 0.4) is 0 Å². The molecule has 1 rings (SSSR count). The van der Waals surface area contributed by atoms with Gasteiger partial charge in [-0.3, -0.25) is 5.32 Å². The number of phenolic OH excluding ortho intramolecular Hbond substituents is 1. The van der Waals surface area contributed by atoms with Gasteiger partial charge in [0.2, 0.25) is 0 Å². The van der Waals surface area contributed by atoms with Crippen molar-refractivity contribution in [2.45, 2.75) is 25.0 Å². The lowest BCUT2D eigenvalue weighted by molar-refractivity contribution is 0.168. The molecule has 5 heteroatoms. The minimum atomic E-state index is -1.27. The van der Waals surface area contributed by atoms with Crippen molar-refractivity contribution in [1.29, 1.82) is 10.5 Å². The quantitative estimate of drug-likeness (QED) is 0.724. The van der Waals surface area contributed by atoms with Gasteiger partial charge in [-0.05, 0) is 24.1 Å². The second-order valence-electron chi connectivity index (χ2n) is 3.97. The molecule has 94 valence electrons. The first kappa shape index (κ1) is 14.0. The molecule has 0 saturated carbocycles. The van der Waals surface area contributed by atoms with E-state index in [1.165, 1.54) is 12.1 Å². The van der Waals surface area contributed by atoms with Crippen LogP contribution in [0.5, 0.6) is 5.75 Å². The molecule has 5 nitrogen and oxygen atoms in total. The number of hydrogen-bond donors (Lipinski definition) is 3. The maximum atomic E-state index is 9.90. The summed E-state index contributed by atoms with van der Waals surface area (Å²) in [4.78, 5) is 0. The van der Waals surface area contributed by atoms with Gasteiger partial charge in [-0.15, -0.1) is 0 Å². The maximum Gasteiger partial charge on any atom is 0.193 e. The van der Waals surface area contributed by atoms with Gasteiger partial charge in [-0.25, -0.2) is 0 Å². The van der Waals surface area contributed by atoms with Gasteiger partial charge in [0.15, 0.2) is 5.54 Å². The zero-order valence-corrected chi connectivity index (χ0v) is 10.1. The largest absolute Gasteiger partial charge is 0.508 e. The minimum absolute atomic E-state index is 0.0970. The van der Waals surface area contributed by atoms with Crippen LogP contribution in [0.2, 0.25) is 0 Å². The van der Waals surface area contributed by atoms with E-state index in [4.69, 9.17) is 15.6 Å². The fourth-order valence-corrected chi connectivity index (χ4v) is 1.47. The Labute approximate surface area is 106 Å². The van der Waals surface area contributed by atoms with Crippen molar-refractivity contribution in [2.75, 3.05) is 6.54 Å². The molecule has 0 aliphatic carbocycles. The molecule has 18 heavy (non-hydrogen) atoms. The summed E-state index contributed by atoms with van der Waals surface area (Å²) in [6.07, 6.45) is -0.499. The minimum Gasteiger partial charge on any atom is -0.508 e. The molecule has 0 radical (unpaired) electrons. The summed E-state index contributed by atoms with van der Waals surface area (Å²) in [5.41, 5.74) is -0.654. The number of nitrogens with one attached hydrogen (secondary N) is 1. The molecule has 1 aromatic rings. The maximum absolute atomic E-state index is 9.90. The lowest BCUT2D eigenvalue weighted by Gasteiger charge is -2.20. The standard InChI is InChI=1S/C13H15N3O2/c1-2-13(8-14,9-15)16-7-12(18)10-3-5-11(17)6-4-10/h3-6,12,16-18H,2,7H2,1H3. The number of aliphatic hydroxyl groups is 1. The summed E-state index contributed by atoms with van der Waals surface area (Å²) in [5.74, 6) is 0.121. The van der Waals surface area contributed by atoms with Crippen LogP contribution in [0.25, 0.3) is 0 Å². The lowest BCUT2D eigenvalue weighted by atomic mass is 9.99. The molecule has 0 bridgehead atoms. The van der Waals surface area contributed by atoms with Gasteiger partial charge in [0, 0.05) is 6.54 Å². The van der Waals surface area contributed by atoms with E-state index in [-0.39, 0.29) is 12.3 Å². The van der Waals surface area contributed by atoms with Gasteiger partial charge >= 0.3 is 0 Å². The molecule has 0 spiro atoms. The van der Waals surface area contributed by atoms with E-state index in [0.717, 1.165) is 0 Å². The van der Waals surface area contributed by atoms with Crippen molar-refractivity contribution in [1.82, 2.24) is 5.32 Å². The molecule has 0 aromatic heterocycles. The highest BCUT2D eigenvalue weighted by molar-refractivity contribution is 5.28. The Morgan fingerprint density at radius 2 is 1.83 bits per heavy atom. The highest BCUT2D eigenvalue weighted by Gasteiger charge is 2.27. The summed E-state index contributed by atoms with van der Waals surface area (Å²) in [5, 5.41) is 39.7. The van der Waals surface area contributed by atoms with Gasteiger partial charge in [0.05, 0.1) is 6.10 Å². The van der Waals surface area contributed by atoms with Crippen LogP contribution < -0.4 is 5.32 Å². The number of benzene rings is 1. The van der Waals surface area contributed by atoms with Gasteiger partial charge in [0.25, 0.3) is 0 Å². The lowest BCUT2D eigenvalue weighted by Crippen LogP contribution is -2.44. The Balaban J connectivity index is 2.67. The van der Waals surface area contributed by atoms with Crippen LogP contribution in [-0.4, -0.2) is 22.3 Å². The van der Waals surface area contributed by atoms with Gasteiger partial charge < -0.3 is 10.2 Å². The van der Waals surface area contributed by atoms with Gasteiger partial charge in [0.1, 0.15) is 17.9 Å². The Morgan fingerprint density at radius 1 is 1.28 bits per heavy atom. The summed E-state index contributed by atoms with van der Waals surface area (Å²) >= 11 is 0. The molecule has 0 fully saturated rings. The van der Waals surface area contributed by atoms with Crippen LogP contribution in [0, 0.1) is 22.7 Å². The third-order valence-corrected chi connectivity index (χ3v) is 2.79. The number of nitrogens with zero attached hydrogens (tertiary/aromatic N) is 2. The Morgan fingerprint density at radius 3 is 2.28 bits per heavy atom. The van der Waals surface area contributed by atoms with Crippen molar-refractivity contribution in [2.24, 2.45) is 0 Å². The molecule has 0 heterocycles. The van der Waals surface area contributed by atoms with E-state index in [9.17, 15) is 5.11 Å². The average Bonchev–Trinajstić information content (AvgIpc) is 2.41. The fourth-order valence-electron chi connectivity index (χ4n) is 1.47. The van der Waals surface area contributed by atoms with Crippen molar-refractivity contribution >= 4 is 0 Å². The molecule has 1 aromatic carbocycles. The third kappa shape index (κ3) is 3.21. The molecular formula is C13H15N3O2. The predicted octanol–water partition coefficient (Wildman–Crippen LogP) is 1.21. The summed E-state index contributed by atoms with van der Waals surface area (Å²) in [6.45, 7) is 1.83. The average molecular weight is 245 g/mol. The highest BCUT2D eigenvalue weighted by atomic mass is 16.3. The Bertz CT molecular complexity index is 456. The first-order valence-electron chi connectivity index (χ1n) is 5.61. The van der Waals surface area contributed by atoms with Crippen molar-refractivity contribution in [3.63, 3.8) is 0 Å². The first-order chi connectivity index (χ1) is 8.56. The van der Waals surface area contributed by atoms with E-state index in [1.54, 1.807) is 19.1 Å². The van der Waals surface area contributed by atoms with E-state index in [2.05, 4.69) is 5.32 Å². The fraction of sp³-hybridized carbons (Fsp3) is 0.385. The van der Waals surface area contributed by atoms with Gasteiger partial charge in [-0.2, -0.15) is 10.5 Å². The Kier molecular flexibility index (Phi) is 4.67. The van der Waals surface area contributed by atoms with Crippen molar-refractivity contribution in [3.8, 4) is 17.9 Å². The summed E-state index contributed by atoms with van der Waals surface area (Å²) in [6, 6.07) is 9.94. The number of phenols is 1. The van der Waals surface area contributed by atoms with E-state index >= 15 is 0 Å². The number of aliphatic hydroxyl groups excluding tert-OH is 1. The molecule has 1 atom stereocenters. The molecule has 0 saturated heterocycles. The number of hydrogen-bond acceptors (Lipinski definition) is 5. The van der Waals surface area contributed by atoms with Crippen LogP contribution >= 0.6 is 0 Å².